The van der Waals surface area contributed by atoms with E-state index in [2.05, 4.69) is 15.3 Å². The van der Waals surface area contributed by atoms with Crippen LogP contribution in [0, 0.1) is 5.92 Å². The second-order valence-corrected chi connectivity index (χ2v) is 5.14. The van der Waals surface area contributed by atoms with E-state index in [4.69, 9.17) is 0 Å². The zero-order valence-electron chi connectivity index (χ0n) is 11.2. The van der Waals surface area contributed by atoms with E-state index in [0.29, 0.717) is 6.54 Å². The van der Waals surface area contributed by atoms with Gasteiger partial charge in [0, 0.05) is 36.6 Å². The van der Waals surface area contributed by atoms with Crippen LogP contribution in [0.1, 0.15) is 24.8 Å². The summed E-state index contributed by atoms with van der Waals surface area (Å²) in [4.78, 5) is 20.3. The van der Waals surface area contributed by atoms with Gasteiger partial charge in [-0.25, -0.2) is 0 Å². The summed E-state index contributed by atoms with van der Waals surface area (Å²) < 4.78 is 0. The molecule has 2 aromatic rings. The van der Waals surface area contributed by atoms with Gasteiger partial charge in [0.05, 0.1) is 5.69 Å². The highest BCUT2D eigenvalue weighted by molar-refractivity contribution is 5.79. The molecule has 1 aliphatic carbocycles. The summed E-state index contributed by atoms with van der Waals surface area (Å²) in [5, 5.41) is 3.00. The van der Waals surface area contributed by atoms with Crippen molar-refractivity contribution >= 4 is 5.91 Å². The van der Waals surface area contributed by atoms with E-state index in [9.17, 15) is 4.79 Å². The number of rotatable bonds is 4. The predicted molar refractivity (Wildman–Crippen MR) is 76.7 cm³/mol. The minimum Gasteiger partial charge on any atom is -0.352 e. The Bertz CT molecular complexity index is 594. The SMILES string of the molecule is O=C(NCc1ccnc(-c2cccnc2)c1)C1CCC1. The maximum atomic E-state index is 11.8. The molecule has 0 aromatic carbocycles. The van der Waals surface area contributed by atoms with Gasteiger partial charge in [-0.2, -0.15) is 0 Å². The van der Waals surface area contributed by atoms with Gasteiger partial charge in [-0.05, 0) is 42.7 Å². The van der Waals surface area contributed by atoms with Crippen molar-refractivity contribution in [3.05, 3.63) is 48.4 Å². The Morgan fingerprint density at radius 2 is 2.20 bits per heavy atom. The summed E-state index contributed by atoms with van der Waals surface area (Å²) in [5.74, 6) is 0.408. The van der Waals surface area contributed by atoms with Gasteiger partial charge < -0.3 is 5.32 Å². The van der Waals surface area contributed by atoms with E-state index in [1.807, 2.05) is 24.3 Å². The van der Waals surface area contributed by atoms with Gasteiger partial charge in [-0.3, -0.25) is 14.8 Å². The van der Waals surface area contributed by atoms with Crippen molar-refractivity contribution in [3.63, 3.8) is 0 Å². The molecule has 1 aliphatic rings. The molecule has 1 amide bonds. The van der Waals surface area contributed by atoms with Gasteiger partial charge in [0.15, 0.2) is 0 Å². The molecule has 20 heavy (non-hydrogen) atoms. The van der Waals surface area contributed by atoms with Crippen LogP contribution in [-0.2, 0) is 11.3 Å². The van der Waals surface area contributed by atoms with Crippen LogP contribution in [0.25, 0.3) is 11.3 Å². The smallest absolute Gasteiger partial charge is 0.223 e. The number of carbonyl (C=O) groups is 1. The number of carbonyl (C=O) groups excluding carboxylic acids is 1. The maximum absolute atomic E-state index is 11.8. The molecule has 1 saturated carbocycles. The second kappa shape index (κ2) is 5.82. The molecular weight excluding hydrogens is 250 g/mol. The fourth-order valence-corrected chi connectivity index (χ4v) is 2.26. The highest BCUT2D eigenvalue weighted by Crippen LogP contribution is 2.26. The molecule has 2 aromatic heterocycles. The van der Waals surface area contributed by atoms with Crippen LogP contribution in [0.3, 0.4) is 0 Å². The molecule has 0 unspecified atom stereocenters. The van der Waals surface area contributed by atoms with Crippen LogP contribution in [-0.4, -0.2) is 15.9 Å². The lowest BCUT2D eigenvalue weighted by atomic mass is 9.85. The molecule has 0 bridgehead atoms. The van der Waals surface area contributed by atoms with Crippen LogP contribution in [0.2, 0.25) is 0 Å². The van der Waals surface area contributed by atoms with Gasteiger partial charge in [-0.1, -0.05) is 6.42 Å². The summed E-state index contributed by atoms with van der Waals surface area (Å²) in [7, 11) is 0. The first kappa shape index (κ1) is 12.8. The van der Waals surface area contributed by atoms with Crippen molar-refractivity contribution in [1.82, 2.24) is 15.3 Å². The number of hydrogen-bond acceptors (Lipinski definition) is 3. The molecule has 0 radical (unpaired) electrons. The van der Waals surface area contributed by atoms with Crippen LogP contribution >= 0.6 is 0 Å². The lowest BCUT2D eigenvalue weighted by molar-refractivity contribution is -0.127. The van der Waals surface area contributed by atoms with E-state index in [1.165, 1.54) is 6.42 Å². The summed E-state index contributed by atoms with van der Waals surface area (Å²) in [6.07, 6.45) is 8.54. The Morgan fingerprint density at radius 3 is 2.90 bits per heavy atom. The minimum atomic E-state index is 0.177. The number of pyridine rings is 2. The van der Waals surface area contributed by atoms with Crippen molar-refractivity contribution < 1.29 is 4.79 Å². The highest BCUT2D eigenvalue weighted by atomic mass is 16.1. The number of nitrogens with zero attached hydrogens (tertiary/aromatic N) is 2. The molecule has 0 atom stereocenters. The van der Waals surface area contributed by atoms with Crippen molar-refractivity contribution in [2.24, 2.45) is 5.92 Å². The quantitative estimate of drug-likeness (QED) is 0.926. The monoisotopic (exact) mass is 267 g/mol. The van der Waals surface area contributed by atoms with Crippen molar-refractivity contribution in [2.75, 3.05) is 0 Å². The molecule has 1 fully saturated rings. The number of aromatic nitrogens is 2. The first-order valence-corrected chi connectivity index (χ1v) is 6.96. The maximum Gasteiger partial charge on any atom is 0.223 e. The molecule has 4 heteroatoms. The van der Waals surface area contributed by atoms with Crippen LogP contribution < -0.4 is 5.32 Å². The standard InChI is InChI=1S/C16H17N3O/c20-16(13-3-1-4-13)19-10-12-6-8-18-15(9-12)14-5-2-7-17-11-14/h2,5-9,11,13H,1,3-4,10H2,(H,19,20). The Hall–Kier alpha value is -2.23. The lowest BCUT2D eigenvalue weighted by Crippen LogP contribution is -2.33. The van der Waals surface area contributed by atoms with E-state index in [1.54, 1.807) is 18.6 Å². The average molecular weight is 267 g/mol. The third-order valence-corrected chi connectivity index (χ3v) is 3.72. The van der Waals surface area contributed by atoms with E-state index < -0.39 is 0 Å². The molecule has 3 rings (SSSR count). The topological polar surface area (TPSA) is 54.9 Å². The number of nitrogens with one attached hydrogen (secondary N) is 1. The zero-order chi connectivity index (χ0) is 13.8. The highest BCUT2D eigenvalue weighted by Gasteiger charge is 2.24. The molecule has 0 aliphatic heterocycles. The minimum absolute atomic E-state index is 0.177. The Labute approximate surface area is 118 Å². The largest absolute Gasteiger partial charge is 0.352 e. The molecule has 102 valence electrons. The summed E-state index contributed by atoms with van der Waals surface area (Å²) in [6.45, 7) is 0.561. The zero-order valence-corrected chi connectivity index (χ0v) is 11.2. The second-order valence-electron chi connectivity index (χ2n) is 5.14. The fraction of sp³-hybridized carbons (Fsp3) is 0.312. The molecule has 0 saturated heterocycles. The summed E-state index contributed by atoms with van der Waals surface area (Å²) in [5.41, 5.74) is 2.93. The number of amides is 1. The van der Waals surface area contributed by atoms with E-state index >= 15 is 0 Å². The van der Waals surface area contributed by atoms with Crippen molar-refractivity contribution in [2.45, 2.75) is 25.8 Å². The Morgan fingerprint density at radius 1 is 1.30 bits per heavy atom. The van der Waals surface area contributed by atoms with E-state index in [-0.39, 0.29) is 11.8 Å². The molecule has 1 N–H and O–H groups in total. The summed E-state index contributed by atoms with van der Waals surface area (Å²) >= 11 is 0. The van der Waals surface area contributed by atoms with Gasteiger partial charge in [0.2, 0.25) is 5.91 Å². The third kappa shape index (κ3) is 2.85. The van der Waals surface area contributed by atoms with Gasteiger partial charge in [0.1, 0.15) is 0 Å². The average Bonchev–Trinajstić information content (AvgIpc) is 2.45. The molecule has 4 nitrogen and oxygen atoms in total. The Balaban J connectivity index is 1.67. The van der Waals surface area contributed by atoms with Gasteiger partial charge >= 0.3 is 0 Å². The van der Waals surface area contributed by atoms with Crippen LogP contribution in [0.4, 0.5) is 0 Å². The normalized spacial score (nSPS) is 14.6. The van der Waals surface area contributed by atoms with Crippen molar-refractivity contribution in [1.29, 1.82) is 0 Å². The summed E-state index contributed by atoms with van der Waals surface area (Å²) in [6, 6.07) is 7.80. The van der Waals surface area contributed by atoms with Gasteiger partial charge in [-0.15, -0.1) is 0 Å². The van der Waals surface area contributed by atoms with Crippen LogP contribution in [0.15, 0.2) is 42.9 Å². The fourth-order valence-electron chi connectivity index (χ4n) is 2.26. The molecule has 0 spiro atoms. The first-order chi connectivity index (χ1) is 9.83. The lowest BCUT2D eigenvalue weighted by Gasteiger charge is -2.24. The third-order valence-electron chi connectivity index (χ3n) is 3.72. The Kier molecular flexibility index (Phi) is 3.72. The first-order valence-electron chi connectivity index (χ1n) is 6.96. The van der Waals surface area contributed by atoms with Gasteiger partial charge in [0.25, 0.3) is 0 Å². The molecular formula is C16H17N3O. The predicted octanol–water partition coefficient (Wildman–Crippen LogP) is 2.56. The van der Waals surface area contributed by atoms with Crippen molar-refractivity contribution in [3.8, 4) is 11.3 Å². The van der Waals surface area contributed by atoms with Crippen LogP contribution in [0.5, 0.6) is 0 Å². The molecule has 2 heterocycles. The number of hydrogen-bond donors (Lipinski definition) is 1. The van der Waals surface area contributed by atoms with E-state index in [0.717, 1.165) is 29.7 Å².